The van der Waals surface area contributed by atoms with Crippen molar-refractivity contribution in [3.63, 3.8) is 0 Å². The molecule has 0 radical (unpaired) electrons. The second kappa shape index (κ2) is 10.2. The Morgan fingerprint density at radius 3 is 2.82 bits per heavy atom. The van der Waals surface area contributed by atoms with Crippen molar-refractivity contribution in [1.82, 2.24) is 10.3 Å². The molecule has 6 nitrogen and oxygen atoms in total. The molecule has 0 unspecified atom stereocenters. The Morgan fingerprint density at radius 1 is 1.12 bits per heavy atom. The van der Waals surface area contributed by atoms with Crippen molar-refractivity contribution in [1.29, 1.82) is 0 Å². The van der Waals surface area contributed by atoms with Crippen molar-refractivity contribution in [2.24, 2.45) is 5.73 Å². The third kappa shape index (κ3) is 5.54. The first-order chi connectivity index (χ1) is 16.0. The van der Waals surface area contributed by atoms with Crippen LogP contribution in [-0.4, -0.2) is 23.7 Å². The van der Waals surface area contributed by atoms with Crippen LogP contribution in [0.15, 0.2) is 78.5 Å². The van der Waals surface area contributed by atoms with E-state index < -0.39 is 6.04 Å². The summed E-state index contributed by atoms with van der Waals surface area (Å²) in [5, 5.41) is 4.03. The number of hydrogen-bond acceptors (Lipinski definition) is 4. The zero-order chi connectivity index (χ0) is 23.2. The Balaban J connectivity index is 0.000000214. The van der Waals surface area contributed by atoms with E-state index in [0.29, 0.717) is 13.2 Å². The van der Waals surface area contributed by atoms with E-state index >= 15 is 0 Å². The van der Waals surface area contributed by atoms with Gasteiger partial charge in [-0.15, -0.1) is 0 Å². The highest BCUT2D eigenvalue weighted by Gasteiger charge is 2.18. The largest absolute Gasteiger partial charge is 0.454 e. The number of aromatic nitrogens is 1. The van der Waals surface area contributed by atoms with Gasteiger partial charge in [0.05, 0.1) is 6.04 Å². The summed E-state index contributed by atoms with van der Waals surface area (Å²) < 4.78 is 10.3. The highest BCUT2D eigenvalue weighted by Crippen LogP contribution is 2.32. The molecule has 2 heterocycles. The van der Waals surface area contributed by atoms with Crippen molar-refractivity contribution < 1.29 is 14.3 Å². The van der Waals surface area contributed by atoms with Gasteiger partial charge in [-0.25, -0.2) is 0 Å². The number of aryl methyl sites for hydroxylation is 2. The summed E-state index contributed by atoms with van der Waals surface area (Å²) in [7, 11) is 0. The lowest BCUT2D eigenvalue weighted by Crippen LogP contribution is -2.41. The number of fused-ring (bicyclic) bond motifs is 2. The summed E-state index contributed by atoms with van der Waals surface area (Å²) in [6.07, 6.45) is 11.1. The smallest absolute Gasteiger partial charge is 0.241 e. The Hall–Kier alpha value is -3.77. The Bertz CT molecular complexity index is 1240. The number of allylic oxidation sites excluding steroid dienone is 5. The molecule has 0 saturated carbocycles. The van der Waals surface area contributed by atoms with E-state index in [9.17, 15) is 4.79 Å². The summed E-state index contributed by atoms with van der Waals surface area (Å²) in [5.41, 5.74) is 11.4. The number of para-hydroxylation sites is 1. The topological polar surface area (TPSA) is 89.4 Å². The zero-order valence-electron chi connectivity index (χ0n) is 18.9. The first-order valence-corrected chi connectivity index (χ1v) is 11.0. The average molecular weight is 444 g/mol. The number of rotatable bonds is 4. The third-order valence-corrected chi connectivity index (χ3v) is 5.58. The van der Waals surface area contributed by atoms with Crippen LogP contribution in [0.2, 0.25) is 0 Å². The minimum Gasteiger partial charge on any atom is -0.454 e. The van der Waals surface area contributed by atoms with Gasteiger partial charge in [0, 0.05) is 22.3 Å². The molecule has 0 fully saturated rings. The molecule has 1 amide bonds. The van der Waals surface area contributed by atoms with E-state index in [1.807, 2.05) is 80.6 Å². The molecular weight excluding hydrogens is 414 g/mol. The molecule has 0 spiro atoms. The summed E-state index contributed by atoms with van der Waals surface area (Å²) >= 11 is 0. The summed E-state index contributed by atoms with van der Waals surface area (Å²) in [4.78, 5) is 15.7. The molecule has 5 rings (SSSR count). The summed E-state index contributed by atoms with van der Waals surface area (Å²) in [6.45, 7) is 4.41. The lowest BCUT2D eigenvalue weighted by Gasteiger charge is -2.13. The van der Waals surface area contributed by atoms with E-state index in [2.05, 4.69) is 16.4 Å². The van der Waals surface area contributed by atoms with Crippen LogP contribution >= 0.6 is 0 Å². The summed E-state index contributed by atoms with van der Waals surface area (Å²) in [5.74, 6) is 1.55. The number of H-pyrrole nitrogens is 1. The van der Waals surface area contributed by atoms with Gasteiger partial charge in [-0.2, -0.15) is 0 Å². The molecule has 170 valence electrons. The van der Waals surface area contributed by atoms with Gasteiger partial charge in [-0.1, -0.05) is 48.6 Å². The maximum absolute atomic E-state index is 12.4. The van der Waals surface area contributed by atoms with Crippen LogP contribution < -0.4 is 20.5 Å². The molecule has 33 heavy (non-hydrogen) atoms. The Morgan fingerprint density at radius 2 is 1.94 bits per heavy atom. The first kappa shape index (κ1) is 22.4. The van der Waals surface area contributed by atoms with Crippen LogP contribution in [0, 0.1) is 13.8 Å². The third-order valence-electron chi connectivity index (χ3n) is 5.58. The molecule has 0 saturated heterocycles. The number of nitrogens with one attached hydrogen (secondary N) is 2. The molecule has 4 N–H and O–H groups in total. The Labute approximate surface area is 193 Å². The molecule has 3 aromatic rings. The molecule has 1 aliphatic heterocycles. The molecule has 1 aliphatic carbocycles. The highest BCUT2D eigenvalue weighted by molar-refractivity contribution is 5.87. The van der Waals surface area contributed by atoms with Crippen LogP contribution in [0.4, 0.5) is 0 Å². The fraction of sp³-hybridized carbons (Fsp3) is 0.222. The van der Waals surface area contributed by atoms with Gasteiger partial charge in [0.1, 0.15) is 0 Å². The predicted molar refractivity (Wildman–Crippen MR) is 131 cm³/mol. The number of aromatic amines is 1. The van der Waals surface area contributed by atoms with Crippen molar-refractivity contribution in [2.75, 3.05) is 6.79 Å². The molecule has 1 aromatic heterocycles. The quantitative estimate of drug-likeness (QED) is 0.550. The number of ether oxygens (including phenoxy) is 2. The zero-order valence-corrected chi connectivity index (χ0v) is 18.9. The fourth-order valence-corrected chi connectivity index (χ4v) is 3.82. The van der Waals surface area contributed by atoms with Gasteiger partial charge in [-0.3, -0.25) is 4.79 Å². The number of carbonyl (C=O) groups is 1. The van der Waals surface area contributed by atoms with E-state index in [1.54, 1.807) is 0 Å². The summed E-state index contributed by atoms with van der Waals surface area (Å²) in [6, 6.07) is 13.4. The van der Waals surface area contributed by atoms with Gasteiger partial charge in [-0.05, 0) is 62.1 Å². The van der Waals surface area contributed by atoms with E-state index in [4.69, 9.17) is 15.2 Å². The van der Waals surface area contributed by atoms with Crippen LogP contribution in [0.5, 0.6) is 11.5 Å². The van der Waals surface area contributed by atoms with E-state index in [1.165, 1.54) is 5.56 Å². The van der Waals surface area contributed by atoms with E-state index in [0.717, 1.165) is 45.8 Å². The van der Waals surface area contributed by atoms with Crippen molar-refractivity contribution in [3.05, 3.63) is 95.4 Å². The van der Waals surface area contributed by atoms with Gasteiger partial charge in [0.15, 0.2) is 11.5 Å². The fourth-order valence-electron chi connectivity index (χ4n) is 3.82. The number of carbonyl (C=O) groups excluding carboxylic acids is 1. The minimum atomic E-state index is -0.585. The van der Waals surface area contributed by atoms with Gasteiger partial charge in [0.25, 0.3) is 0 Å². The number of nitrogens with two attached hydrogens (primary N) is 1. The number of hydrogen-bond donors (Lipinski definition) is 3. The number of benzene rings is 2. The van der Waals surface area contributed by atoms with Crippen molar-refractivity contribution in [2.45, 2.75) is 32.7 Å². The second-order valence-corrected chi connectivity index (χ2v) is 8.11. The van der Waals surface area contributed by atoms with Crippen molar-refractivity contribution in [3.8, 4) is 11.5 Å². The highest BCUT2D eigenvalue weighted by atomic mass is 16.7. The molecule has 2 aromatic carbocycles. The van der Waals surface area contributed by atoms with Crippen LogP contribution in [0.3, 0.4) is 0 Å². The average Bonchev–Trinajstić information content (AvgIpc) is 3.29. The number of amides is 1. The lowest BCUT2D eigenvalue weighted by molar-refractivity contribution is -0.121. The normalized spacial score (nSPS) is 14.8. The van der Waals surface area contributed by atoms with Crippen LogP contribution in [0.25, 0.3) is 10.9 Å². The lowest BCUT2D eigenvalue weighted by atomic mass is 10.0. The molecule has 1 atom stereocenters. The van der Waals surface area contributed by atoms with Crippen LogP contribution in [0.1, 0.15) is 23.2 Å². The van der Waals surface area contributed by atoms with Crippen molar-refractivity contribution >= 4 is 16.8 Å². The van der Waals surface area contributed by atoms with Gasteiger partial charge >= 0.3 is 0 Å². The monoisotopic (exact) mass is 443 g/mol. The van der Waals surface area contributed by atoms with Crippen LogP contribution in [-0.2, 0) is 11.2 Å². The first-order valence-electron chi connectivity index (χ1n) is 11.0. The Kier molecular flexibility index (Phi) is 6.95. The standard InChI is InChI=1S/C19H21N3O.C8H8O2/c1-13-16(15-10-6-7-11-18(15)21-13)12-17(20)19(23)22-14-8-4-2-3-5-9-14;1-6-2-3-7-8(4-6)10-5-9-7/h2-4,6-11,17,21H,5,12,20H2,1H3,(H,22,23);2-4H,5H2,1H3/t17-;/m0./s1. The maximum atomic E-state index is 12.4. The maximum Gasteiger partial charge on any atom is 0.241 e. The molecule has 2 aliphatic rings. The molecular formula is C27H29N3O3. The molecule has 6 heteroatoms. The SMILES string of the molecule is Cc1[nH]c2ccccc2c1C[C@H](N)C(=O)NC1=CCC=CC=C1.Cc1ccc2c(c1)OCO2. The predicted octanol–water partition coefficient (Wildman–Crippen LogP) is 4.59. The van der Waals surface area contributed by atoms with Gasteiger partial charge < -0.3 is 25.5 Å². The minimum absolute atomic E-state index is 0.160. The molecule has 0 bridgehead atoms. The van der Waals surface area contributed by atoms with Gasteiger partial charge in [0.2, 0.25) is 12.7 Å². The van der Waals surface area contributed by atoms with E-state index in [-0.39, 0.29) is 5.91 Å². The second-order valence-electron chi connectivity index (χ2n) is 8.11.